The Hall–Kier alpha value is -1.54. The molecule has 1 N–H and O–H groups in total. The molecule has 2 rings (SSSR count). The summed E-state index contributed by atoms with van der Waals surface area (Å²) >= 11 is 5.71. The van der Waals surface area contributed by atoms with Crippen molar-refractivity contribution >= 4 is 23.1 Å². The molecule has 0 saturated carbocycles. The van der Waals surface area contributed by atoms with E-state index in [9.17, 15) is 0 Å². The van der Waals surface area contributed by atoms with Crippen LogP contribution >= 0.6 is 11.6 Å². The van der Waals surface area contributed by atoms with Crippen LogP contribution in [0.1, 0.15) is 17.5 Å². The maximum Gasteiger partial charge on any atom is 0.130 e. The molecule has 0 aliphatic carbocycles. The molecule has 0 bridgehead atoms. The van der Waals surface area contributed by atoms with Gasteiger partial charge in [-0.25, -0.2) is 4.98 Å². The highest BCUT2D eigenvalue weighted by Crippen LogP contribution is 2.17. The summed E-state index contributed by atoms with van der Waals surface area (Å²) in [4.78, 5) is 4.33. The predicted molar refractivity (Wildman–Crippen MR) is 77.7 cm³/mol. The van der Waals surface area contributed by atoms with Gasteiger partial charge >= 0.3 is 0 Å². The van der Waals surface area contributed by atoms with Crippen LogP contribution in [-0.4, -0.2) is 10.9 Å². The van der Waals surface area contributed by atoms with Gasteiger partial charge < -0.3 is 5.32 Å². The standard InChI is InChI=1S/C15H17ClN2/c1-12-7-8-15(17-11-12)18-14-6-2-4-13(10-14)5-3-9-16/h2,4,6-8,10-11H,3,5,9H2,1H3,(H,17,18). The Labute approximate surface area is 113 Å². The smallest absolute Gasteiger partial charge is 0.130 e. The molecule has 0 fully saturated rings. The van der Waals surface area contributed by atoms with Crippen LogP contribution in [0, 0.1) is 6.92 Å². The molecule has 0 unspecified atom stereocenters. The van der Waals surface area contributed by atoms with Crippen molar-refractivity contribution in [1.29, 1.82) is 0 Å². The summed E-state index contributed by atoms with van der Waals surface area (Å²) in [6.07, 6.45) is 3.88. The summed E-state index contributed by atoms with van der Waals surface area (Å²) in [5.41, 5.74) is 3.53. The Morgan fingerprint density at radius 2 is 2.11 bits per heavy atom. The van der Waals surface area contributed by atoms with Crippen LogP contribution in [0.3, 0.4) is 0 Å². The summed E-state index contributed by atoms with van der Waals surface area (Å²) in [5, 5.41) is 3.30. The van der Waals surface area contributed by atoms with Crippen molar-refractivity contribution in [3.63, 3.8) is 0 Å². The Morgan fingerprint density at radius 3 is 2.83 bits per heavy atom. The summed E-state index contributed by atoms with van der Waals surface area (Å²) < 4.78 is 0. The molecule has 1 aromatic heterocycles. The molecular formula is C15H17ClN2. The van der Waals surface area contributed by atoms with Crippen LogP contribution in [0.5, 0.6) is 0 Å². The molecule has 1 aromatic carbocycles. The number of hydrogen-bond acceptors (Lipinski definition) is 2. The molecule has 2 aromatic rings. The minimum Gasteiger partial charge on any atom is -0.340 e. The van der Waals surface area contributed by atoms with Crippen molar-refractivity contribution in [3.8, 4) is 0 Å². The van der Waals surface area contributed by atoms with Crippen LogP contribution in [0.2, 0.25) is 0 Å². The quantitative estimate of drug-likeness (QED) is 0.811. The normalized spacial score (nSPS) is 10.3. The van der Waals surface area contributed by atoms with Gasteiger partial charge in [-0.3, -0.25) is 0 Å². The third kappa shape index (κ3) is 3.74. The Kier molecular flexibility index (Phi) is 4.59. The number of aryl methyl sites for hydroxylation is 2. The number of alkyl halides is 1. The molecule has 1 heterocycles. The van der Waals surface area contributed by atoms with Crippen molar-refractivity contribution in [3.05, 3.63) is 53.7 Å². The molecule has 0 radical (unpaired) electrons. The van der Waals surface area contributed by atoms with E-state index in [4.69, 9.17) is 11.6 Å². The van der Waals surface area contributed by atoms with E-state index in [1.54, 1.807) is 0 Å². The number of aromatic nitrogens is 1. The van der Waals surface area contributed by atoms with Gasteiger partial charge in [0.2, 0.25) is 0 Å². The Morgan fingerprint density at radius 1 is 1.22 bits per heavy atom. The van der Waals surface area contributed by atoms with Gasteiger partial charge in [0.25, 0.3) is 0 Å². The number of nitrogens with zero attached hydrogens (tertiary/aromatic N) is 1. The van der Waals surface area contributed by atoms with E-state index < -0.39 is 0 Å². The maximum absolute atomic E-state index is 5.71. The van der Waals surface area contributed by atoms with Crippen molar-refractivity contribution in [2.24, 2.45) is 0 Å². The second kappa shape index (κ2) is 6.41. The fourth-order valence-corrected chi connectivity index (χ4v) is 1.90. The van der Waals surface area contributed by atoms with Crippen LogP contribution in [0.25, 0.3) is 0 Å². The van der Waals surface area contributed by atoms with Gasteiger partial charge in [-0.05, 0) is 49.1 Å². The minimum atomic E-state index is 0.706. The highest BCUT2D eigenvalue weighted by atomic mass is 35.5. The summed E-state index contributed by atoms with van der Waals surface area (Å²) in [6.45, 7) is 2.03. The molecule has 0 spiro atoms. The third-order valence-corrected chi connectivity index (χ3v) is 2.98. The number of pyridine rings is 1. The molecule has 2 nitrogen and oxygen atoms in total. The number of nitrogens with one attached hydrogen (secondary N) is 1. The molecule has 0 aliphatic heterocycles. The monoisotopic (exact) mass is 260 g/mol. The van der Waals surface area contributed by atoms with Gasteiger partial charge in [-0.15, -0.1) is 11.6 Å². The van der Waals surface area contributed by atoms with Crippen molar-refractivity contribution in [1.82, 2.24) is 4.98 Å². The van der Waals surface area contributed by atoms with E-state index >= 15 is 0 Å². The SMILES string of the molecule is Cc1ccc(Nc2cccc(CCCCl)c2)nc1. The maximum atomic E-state index is 5.71. The number of benzene rings is 1. The van der Waals surface area contributed by atoms with Crippen LogP contribution in [0.4, 0.5) is 11.5 Å². The highest BCUT2D eigenvalue weighted by molar-refractivity contribution is 6.17. The number of rotatable bonds is 5. The molecule has 0 aliphatic rings. The average molecular weight is 261 g/mol. The fraction of sp³-hybridized carbons (Fsp3) is 0.267. The molecule has 3 heteroatoms. The zero-order chi connectivity index (χ0) is 12.8. The van der Waals surface area contributed by atoms with Gasteiger partial charge in [0, 0.05) is 17.8 Å². The summed E-state index contributed by atoms with van der Waals surface area (Å²) in [7, 11) is 0. The average Bonchev–Trinajstić information content (AvgIpc) is 2.40. The van der Waals surface area contributed by atoms with E-state index in [0.717, 1.165) is 29.9 Å². The zero-order valence-corrected chi connectivity index (χ0v) is 11.2. The van der Waals surface area contributed by atoms with Gasteiger partial charge in [-0.2, -0.15) is 0 Å². The van der Waals surface area contributed by atoms with Crippen molar-refractivity contribution in [2.75, 3.05) is 11.2 Å². The minimum absolute atomic E-state index is 0.706. The van der Waals surface area contributed by atoms with Gasteiger partial charge in [-0.1, -0.05) is 18.2 Å². The van der Waals surface area contributed by atoms with Crippen LogP contribution in [0.15, 0.2) is 42.6 Å². The van der Waals surface area contributed by atoms with Gasteiger partial charge in [0.05, 0.1) is 0 Å². The topological polar surface area (TPSA) is 24.9 Å². The summed E-state index contributed by atoms with van der Waals surface area (Å²) in [6, 6.07) is 12.4. The highest BCUT2D eigenvalue weighted by Gasteiger charge is 1.98. The fourth-order valence-electron chi connectivity index (χ4n) is 1.77. The lowest BCUT2D eigenvalue weighted by molar-refractivity contribution is 0.929. The van der Waals surface area contributed by atoms with E-state index in [0.29, 0.717) is 5.88 Å². The summed E-state index contributed by atoms with van der Waals surface area (Å²) in [5.74, 6) is 1.58. The van der Waals surface area contributed by atoms with E-state index in [1.165, 1.54) is 5.56 Å². The lowest BCUT2D eigenvalue weighted by Crippen LogP contribution is -1.95. The molecule has 0 atom stereocenters. The first kappa shape index (κ1) is 12.9. The molecule has 94 valence electrons. The van der Waals surface area contributed by atoms with E-state index in [1.807, 2.05) is 31.3 Å². The number of anilines is 2. The van der Waals surface area contributed by atoms with E-state index in [-0.39, 0.29) is 0 Å². The van der Waals surface area contributed by atoms with Crippen molar-refractivity contribution in [2.45, 2.75) is 19.8 Å². The van der Waals surface area contributed by atoms with E-state index in [2.05, 4.69) is 28.5 Å². The van der Waals surface area contributed by atoms with Gasteiger partial charge in [0.1, 0.15) is 5.82 Å². The molecular weight excluding hydrogens is 244 g/mol. The first-order valence-corrected chi connectivity index (χ1v) is 6.66. The zero-order valence-electron chi connectivity index (χ0n) is 10.5. The number of hydrogen-bond donors (Lipinski definition) is 1. The first-order valence-electron chi connectivity index (χ1n) is 6.12. The first-order chi connectivity index (χ1) is 8.78. The lowest BCUT2D eigenvalue weighted by atomic mass is 10.1. The van der Waals surface area contributed by atoms with Gasteiger partial charge in [0.15, 0.2) is 0 Å². The molecule has 0 saturated heterocycles. The third-order valence-electron chi connectivity index (χ3n) is 2.71. The van der Waals surface area contributed by atoms with Crippen LogP contribution in [-0.2, 0) is 6.42 Å². The number of halogens is 1. The Balaban J connectivity index is 2.06. The molecule has 18 heavy (non-hydrogen) atoms. The lowest BCUT2D eigenvalue weighted by Gasteiger charge is -2.07. The van der Waals surface area contributed by atoms with Crippen LogP contribution < -0.4 is 5.32 Å². The largest absolute Gasteiger partial charge is 0.340 e. The second-order valence-corrected chi connectivity index (χ2v) is 4.72. The Bertz CT molecular complexity index is 494. The molecule has 0 amide bonds. The van der Waals surface area contributed by atoms with Crippen molar-refractivity contribution < 1.29 is 0 Å². The second-order valence-electron chi connectivity index (χ2n) is 4.34. The predicted octanol–water partition coefficient (Wildman–Crippen LogP) is 4.31.